The third-order valence-corrected chi connectivity index (χ3v) is 6.90. The lowest BCUT2D eigenvalue weighted by Crippen LogP contribution is -2.35. The molecule has 1 unspecified atom stereocenters. The average molecular weight is 395 g/mol. The van der Waals surface area contributed by atoms with Gasteiger partial charge in [0, 0.05) is 24.7 Å². The summed E-state index contributed by atoms with van der Waals surface area (Å²) in [6, 6.07) is 6.14. The fourth-order valence-corrected chi connectivity index (χ4v) is 4.59. The standard InChI is InChI=1S/C18H25N3O5S/c1-3-20(4-2)27(24,25)16-9-5-13(6-10-16)17(22)19-11-15-12-21(14-7-8-14)18(23)26-15/h5-6,9-10,14-15H,3-4,7-8,11-12H2,1-2H3,(H,19,22). The highest BCUT2D eigenvalue weighted by Crippen LogP contribution is 2.30. The van der Waals surface area contributed by atoms with Crippen molar-refractivity contribution in [3.05, 3.63) is 29.8 Å². The van der Waals surface area contributed by atoms with Gasteiger partial charge < -0.3 is 15.0 Å². The van der Waals surface area contributed by atoms with Gasteiger partial charge in [0.25, 0.3) is 5.91 Å². The van der Waals surface area contributed by atoms with E-state index < -0.39 is 10.0 Å². The van der Waals surface area contributed by atoms with Crippen molar-refractivity contribution in [2.45, 2.75) is 43.7 Å². The maximum atomic E-state index is 12.5. The lowest BCUT2D eigenvalue weighted by Gasteiger charge is -2.18. The smallest absolute Gasteiger partial charge is 0.410 e. The zero-order chi connectivity index (χ0) is 19.6. The van der Waals surface area contributed by atoms with Gasteiger partial charge in [-0.2, -0.15) is 4.31 Å². The van der Waals surface area contributed by atoms with Crippen molar-refractivity contribution in [2.24, 2.45) is 0 Å². The van der Waals surface area contributed by atoms with E-state index in [1.807, 2.05) is 0 Å². The van der Waals surface area contributed by atoms with E-state index in [1.165, 1.54) is 28.6 Å². The lowest BCUT2D eigenvalue weighted by atomic mass is 10.2. The van der Waals surface area contributed by atoms with Gasteiger partial charge in [0.05, 0.1) is 18.0 Å². The summed E-state index contributed by atoms with van der Waals surface area (Å²) in [5, 5.41) is 2.74. The predicted molar refractivity (Wildman–Crippen MR) is 98.9 cm³/mol. The first-order valence-electron chi connectivity index (χ1n) is 9.22. The molecule has 27 heavy (non-hydrogen) atoms. The van der Waals surface area contributed by atoms with Crippen molar-refractivity contribution in [3.8, 4) is 0 Å². The number of hydrogen-bond acceptors (Lipinski definition) is 5. The number of nitrogens with one attached hydrogen (secondary N) is 1. The van der Waals surface area contributed by atoms with Crippen LogP contribution in [0.3, 0.4) is 0 Å². The lowest BCUT2D eigenvalue weighted by molar-refractivity contribution is 0.0914. The van der Waals surface area contributed by atoms with Crippen molar-refractivity contribution in [1.82, 2.24) is 14.5 Å². The number of benzene rings is 1. The van der Waals surface area contributed by atoms with Gasteiger partial charge in [0.1, 0.15) is 6.10 Å². The number of carbonyl (C=O) groups excluding carboxylic acids is 2. The Labute approximate surface area is 159 Å². The van der Waals surface area contributed by atoms with Crippen LogP contribution in [0.1, 0.15) is 37.0 Å². The quantitative estimate of drug-likeness (QED) is 0.718. The summed E-state index contributed by atoms with van der Waals surface area (Å²) in [5.41, 5.74) is 0.358. The Morgan fingerprint density at radius 1 is 1.22 bits per heavy atom. The minimum Gasteiger partial charge on any atom is -0.442 e. The van der Waals surface area contributed by atoms with E-state index in [2.05, 4.69) is 5.32 Å². The molecule has 0 spiro atoms. The van der Waals surface area contributed by atoms with Crippen LogP contribution in [-0.4, -0.2) is 67.9 Å². The van der Waals surface area contributed by atoms with Crippen molar-refractivity contribution in [2.75, 3.05) is 26.2 Å². The van der Waals surface area contributed by atoms with E-state index in [1.54, 1.807) is 18.7 Å². The second-order valence-corrected chi connectivity index (χ2v) is 8.65. The molecule has 2 amide bonds. The number of hydrogen-bond donors (Lipinski definition) is 1. The number of ether oxygens (including phenoxy) is 1. The molecule has 0 aromatic heterocycles. The van der Waals surface area contributed by atoms with Gasteiger partial charge in [0.15, 0.2) is 0 Å². The Morgan fingerprint density at radius 3 is 2.41 bits per heavy atom. The molecular weight excluding hydrogens is 370 g/mol. The molecule has 1 aromatic rings. The first kappa shape index (κ1) is 19.6. The van der Waals surface area contributed by atoms with Gasteiger partial charge in [-0.05, 0) is 37.1 Å². The predicted octanol–water partition coefficient (Wildman–Crippen LogP) is 1.43. The summed E-state index contributed by atoms with van der Waals surface area (Å²) >= 11 is 0. The molecule has 1 N–H and O–H groups in total. The third-order valence-electron chi connectivity index (χ3n) is 4.84. The van der Waals surface area contributed by atoms with E-state index in [0.717, 1.165) is 12.8 Å². The van der Waals surface area contributed by atoms with E-state index in [4.69, 9.17) is 4.74 Å². The molecule has 1 saturated heterocycles. The highest BCUT2D eigenvalue weighted by molar-refractivity contribution is 7.89. The van der Waals surface area contributed by atoms with Crippen LogP contribution < -0.4 is 5.32 Å². The topological polar surface area (TPSA) is 96.0 Å². The van der Waals surface area contributed by atoms with Crippen molar-refractivity contribution in [3.63, 3.8) is 0 Å². The molecule has 1 saturated carbocycles. The highest BCUT2D eigenvalue weighted by atomic mass is 32.2. The van der Waals surface area contributed by atoms with Crippen LogP contribution in [-0.2, 0) is 14.8 Å². The number of sulfonamides is 1. The van der Waals surface area contributed by atoms with Gasteiger partial charge in [-0.25, -0.2) is 13.2 Å². The van der Waals surface area contributed by atoms with Gasteiger partial charge in [-0.1, -0.05) is 13.8 Å². The molecule has 0 bridgehead atoms. The Bertz CT molecular complexity index is 801. The number of amides is 2. The summed E-state index contributed by atoms with van der Waals surface area (Å²) in [4.78, 5) is 25.9. The summed E-state index contributed by atoms with van der Waals surface area (Å²) < 4.78 is 31.6. The monoisotopic (exact) mass is 395 g/mol. The summed E-state index contributed by atoms with van der Waals surface area (Å²) in [5.74, 6) is -0.331. The van der Waals surface area contributed by atoms with Crippen LogP contribution in [0.4, 0.5) is 4.79 Å². The molecule has 9 heteroatoms. The molecule has 148 valence electrons. The van der Waals surface area contributed by atoms with Crippen LogP contribution in [0, 0.1) is 0 Å². The van der Waals surface area contributed by atoms with Crippen molar-refractivity contribution in [1.29, 1.82) is 0 Å². The van der Waals surface area contributed by atoms with Gasteiger partial charge in [0.2, 0.25) is 10.0 Å². The molecule has 1 heterocycles. The molecule has 1 aromatic carbocycles. The molecule has 3 rings (SSSR count). The van der Waals surface area contributed by atoms with Gasteiger partial charge in [-0.15, -0.1) is 0 Å². The molecule has 2 fully saturated rings. The maximum Gasteiger partial charge on any atom is 0.410 e. The van der Waals surface area contributed by atoms with Crippen LogP contribution >= 0.6 is 0 Å². The van der Waals surface area contributed by atoms with Gasteiger partial charge >= 0.3 is 6.09 Å². The number of nitrogens with zero attached hydrogens (tertiary/aromatic N) is 2. The van der Waals surface area contributed by atoms with E-state index in [-0.39, 0.29) is 29.5 Å². The van der Waals surface area contributed by atoms with Crippen molar-refractivity contribution < 1.29 is 22.7 Å². The second-order valence-electron chi connectivity index (χ2n) is 6.71. The van der Waals surface area contributed by atoms with Crippen LogP contribution in [0.15, 0.2) is 29.2 Å². The molecule has 1 aliphatic heterocycles. The fourth-order valence-electron chi connectivity index (χ4n) is 3.13. The normalized spacial score (nSPS) is 20.0. The Kier molecular flexibility index (Phi) is 5.71. The number of cyclic esters (lactones) is 1. The molecular formula is C18H25N3O5S. The number of carbonyl (C=O) groups is 2. The molecule has 1 atom stereocenters. The van der Waals surface area contributed by atoms with Crippen LogP contribution in [0.25, 0.3) is 0 Å². The maximum absolute atomic E-state index is 12.5. The largest absolute Gasteiger partial charge is 0.442 e. The molecule has 1 aliphatic carbocycles. The first-order chi connectivity index (χ1) is 12.9. The molecule has 8 nitrogen and oxygen atoms in total. The third kappa shape index (κ3) is 4.24. The summed E-state index contributed by atoms with van der Waals surface area (Å²) in [6.07, 6.45) is 1.35. The zero-order valence-electron chi connectivity index (χ0n) is 15.6. The zero-order valence-corrected chi connectivity index (χ0v) is 16.4. The minimum absolute atomic E-state index is 0.160. The summed E-state index contributed by atoms with van der Waals surface area (Å²) in [7, 11) is -3.54. The SMILES string of the molecule is CCN(CC)S(=O)(=O)c1ccc(C(=O)NCC2CN(C3CC3)C(=O)O2)cc1. The Hall–Kier alpha value is -2.13. The summed E-state index contributed by atoms with van der Waals surface area (Å²) in [6.45, 7) is 5.06. The molecule has 0 radical (unpaired) electrons. The Morgan fingerprint density at radius 2 is 1.85 bits per heavy atom. The highest BCUT2D eigenvalue weighted by Gasteiger charge is 2.40. The fraction of sp³-hybridized carbons (Fsp3) is 0.556. The van der Waals surface area contributed by atoms with E-state index in [9.17, 15) is 18.0 Å². The minimum atomic E-state index is -3.54. The van der Waals surface area contributed by atoms with Gasteiger partial charge in [-0.3, -0.25) is 4.79 Å². The van der Waals surface area contributed by atoms with E-state index >= 15 is 0 Å². The Balaban J connectivity index is 1.57. The average Bonchev–Trinajstić information content (AvgIpc) is 3.43. The van der Waals surface area contributed by atoms with Crippen molar-refractivity contribution >= 4 is 22.0 Å². The second kappa shape index (κ2) is 7.85. The molecule has 2 aliphatic rings. The van der Waals surface area contributed by atoms with E-state index in [0.29, 0.717) is 31.2 Å². The van der Waals surface area contributed by atoms with Crippen LogP contribution in [0.5, 0.6) is 0 Å². The first-order valence-corrected chi connectivity index (χ1v) is 10.7. The number of rotatable bonds is 8. The van der Waals surface area contributed by atoms with Crippen LogP contribution in [0.2, 0.25) is 0 Å².